The highest BCUT2D eigenvalue weighted by Crippen LogP contribution is 2.42. The first-order chi connectivity index (χ1) is 15.2. The second-order valence-electron chi connectivity index (χ2n) is 8.28. The van der Waals surface area contributed by atoms with E-state index in [-0.39, 0.29) is 16.6 Å². The SMILES string of the molecule is CN(C)CCCNS(=O)(=O)c1ccc(C2=C3C(=O)c4ccccc4C(N)C3C(=O)N2)cc1. The second-order valence-corrected chi connectivity index (χ2v) is 10.0. The molecule has 4 N–H and O–H groups in total. The Morgan fingerprint density at radius 2 is 1.75 bits per heavy atom. The number of carbonyl (C=O) groups is 2. The third kappa shape index (κ3) is 4.00. The highest BCUT2D eigenvalue weighted by molar-refractivity contribution is 7.89. The van der Waals surface area contributed by atoms with Crippen LogP contribution in [0, 0.1) is 5.92 Å². The lowest BCUT2D eigenvalue weighted by Crippen LogP contribution is -2.36. The van der Waals surface area contributed by atoms with Gasteiger partial charge in [0.05, 0.1) is 16.5 Å². The zero-order valence-electron chi connectivity index (χ0n) is 18.0. The largest absolute Gasteiger partial charge is 0.325 e. The first-order valence-electron chi connectivity index (χ1n) is 10.4. The number of fused-ring (bicyclic) bond motifs is 2. The summed E-state index contributed by atoms with van der Waals surface area (Å²) in [5.41, 5.74) is 8.77. The molecule has 2 aromatic rings. The summed E-state index contributed by atoms with van der Waals surface area (Å²) >= 11 is 0. The first-order valence-corrected chi connectivity index (χ1v) is 11.9. The molecule has 0 saturated carbocycles. The summed E-state index contributed by atoms with van der Waals surface area (Å²) in [5, 5.41) is 2.79. The van der Waals surface area contributed by atoms with Gasteiger partial charge < -0.3 is 16.0 Å². The van der Waals surface area contributed by atoms with Gasteiger partial charge in [0.2, 0.25) is 15.9 Å². The fourth-order valence-corrected chi connectivity index (χ4v) is 5.26. The number of nitrogens with two attached hydrogens (primary N) is 1. The molecule has 1 amide bonds. The summed E-state index contributed by atoms with van der Waals surface area (Å²) < 4.78 is 27.7. The van der Waals surface area contributed by atoms with E-state index >= 15 is 0 Å². The Kier molecular flexibility index (Phi) is 6.00. The van der Waals surface area contributed by atoms with Crippen LogP contribution in [0.2, 0.25) is 0 Å². The maximum Gasteiger partial charge on any atom is 0.240 e. The summed E-state index contributed by atoms with van der Waals surface area (Å²) in [4.78, 5) is 28.0. The van der Waals surface area contributed by atoms with E-state index in [1.807, 2.05) is 19.0 Å². The molecule has 0 saturated heterocycles. The molecule has 8 nitrogen and oxygen atoms in total. The quantitative estimate of drug-likeness (QED) is 0.542. The Bertz CT molecular complexity index is 1200. The van der Waals surface area contributed by atoms with Crippen LogP contribution in [0.5, 0.6) is 0 Å². The average molecular weight is 455 g/mol. The van der Waals surface area contributed by atoms with E-state index in [0.717, 1.165) is 6.54 Å². The molecule has 2 aliphatic rings. The van der Waals surface area contributed by atoms with Crippen molar-refractivity contribution in [2.75, 3.05) is 27.2 Å². The highest BCUT2D eigenvalue weighted by atomic mass is 32.2. The molecule has 1 heterocycles. The molecule has 1 aliphatic heterocycles. The fourth-order valence-electron chi connectivity index (χ4n) is 4.18. The van der Waals surface area contributed by atoms with Crippen molar-refractivity contribution in [3.05, 3.63) is 70.8 Å². The van der Waals surface area contributed by atoms with Crippen molar-refractivity contribution in [2.24, 2.45) is 11.7 Å². The Morgan fingerprint density at radius 3 is 2.44 bits per heavy atom. The van der Waals surface area contributed by atoms with Gasteiger partial charge >= 0.3 is 0 Å². The third-order valence-electron chi connectivity index (χ3n) is 5.81. The van der Waals surface area contributed by atoms with Crippen LogP contribution >= 0.6 is 0 Å². The van der Waals surface area contributed by atoms with E-state index in [4.69, 9.17) is 5.73 Å². The van der Waals surface area contributed by atoms with Gasteiger partial charge in [0.25, 0.3) is 0 Å². The van der Waals surface area contributed by atoms with Crippen molar-refractivity contribution < 1.29 is 18.0 Å². The molecule has 1 aliphatic carbocycles. The topological polar surface area (TPSA) is 122 Å². The average Bonchev–Trinajstić information content (AvgIpc) is 3.12. The first kappa shape index (κ1) is 22.3. The standard InChI is InChI=1S/C23H26N4O4S/c1-27(2)13-5-12-25-32(30,31)15-10-8-14(9-11-15)21-19-18(23(29)26-21)20(24)16-6-3-4-7-17(16)22(19)28/h3-4,6-11,18,20,25H,5,12-13,24H2,1-2H3,(H,26,29). The van der Waals surface area contributed by atoms with Gasteiger partial charge in [-0.25, -0.2) is 13.1 Å². The molecular formula is C23H26N4O4S. The van der Waals surface area contributed by atoms with Crippen molar-refractivity contribution in [1.82, 2.24) is 14.9 Å². The molecule has 2 atom stereocenters. The van der Waals surface area contributed by atoms with E-state index in [1.165, 1.54) is 12.1 Å². The number of ketones is 1. The predicted molar refractivity (Wildman–Crippen MR) is 121 cm³/mol. The van der Waals surface area contributed by atoms with Crippen LogP contribution in [-0.4, -0.2) is 52.2 Å². The number of nitrogens with one attached hydrogen (secondary N) is 2. The summed E-state index contributed by atoms with van der Waals surface area (Å²) in [6.45, 7) is 1.11. The van der Waals surface area contributed by atoms with E-state index in [1.54, 1.807) is 36.4 Å². The molecule has 2 unspecified atom stereocenters. The number of hydrogen-bond acceptors (Lipinski definition) is 6. The van der Waals surface area contributed by atoms with Gasteiger partial charge in [0, 0.05) is 23.7 Å². The van der Waals surface area contributed by atoms with E-state index in [9.17, 15) is 18.0 Å². The van der Waals surface area contributed by atoms with Crippen LogP contribution in [0.25, 0.3) is 5.70 Å². The normalized spacial score (nSPS) is 20.4. The minimum Gasteiger partial charge on any atom is -0.325 e. The number of amides is 1. The number of nitrogens with zero attached hydrogens (tertiary/aromatic N) is 1. The van der Waals surface area contributed by atoms with E-state index < -0.39 is 22.0 Å². The third-order valence-corrected chi connectivity index (χ3v) is 7.28. The molecule has 9 heteroatoms. The van der Waals surface area contributed by atoms with Crippen LogP contribution in [0.4, 0.5) is 0 Å². The fraction of sp³-hybridized carbons (Fsp3) is 0.304. The zero-order chi connectivity index (χ0) is 23.0. The number of hydrogen-bond donors (Lipinski definition) is 3. The maximum atomic E-state index is 13.2. The minimum absolute atomic E-state index is 0.120. The van der Waals surface area contributed by atoms with Crippen molar-refractivity contribution in [3.63, 3.8) is 0 Å². The summed E-state index contributed by atoms with van der Waals surface area (Å²) in [5.74, 6) is -1.33. The molecule has 0 bridgehead atoms. The number of carbonyl (C=O) groups excluding carboxylic acids is 2. The van der Waals surface area contributed by atoms with Gasteiger partial charge in [0.1, 0.15) is 0 Å². The van der Waals surface area contributed by atoms with Gasteiger partial charge in [-0.15, -0.1) is 0 Å². The monoisotopic (exact) mass is 454 g/mol. The van der Waals surface area contributed by atoms with Gasteiger partial charge in [-0.2, -0.15) is 0 Å². The maximum absolute atomic E-state index is 13.2. The molecule has 2 aromatic carbocycles. The molecule has 0 aromatic heterocycles. The van der Waals surface area contributed by atoms with E-state index in [2.05, 4.69) is 10.0 Å². The van der Waals surface area contributed by atoms with Gasteiger partial charge in [0.15, 0.2) is 5.78 Å². The Morgan fingerprint density at radius 1 is 1.06 bits per heavy atom. The molecule has 0 radical (unpaired) electrons. The van der Waals surface area contributed by atoms with Crippen LogP contribution in [-0.2, 0) is 14.8 Å². The molecule has 168 valence electrons. The number of rotatable bonds is 7. The lowest BCUT2D eigenvalue weighted by atomic mass is 9.76. The summed E-state index contributed by atoms with van der Waals surface area (Å²) in [6.07, 6.45) is 0.692. The summed E-state index contributed by atoms with van der Waals surface area (Å²) in [6, 6.07) is 12.5. The molecule has 0 spiro atoms. The lowest BCUT2D eigenvalue weighted by Gasteiger charge is -2.27. The number of benzene rings is 2. The predicted octanol–water partition coefficient (Wildman–Crippen LogP) is 1.27. The van der Waals surface area contributed by atoms with Crippen molar-refractivity contribution in [2.45, 2.75) is 17.4 Å². The number of Topliss-reactive ketones (excluding diaryl/α,β-unsaturated/α-hetero) is 1. The highest BCUT2D eigenvalue weighted by Gasteiger charge is 2.46. The van der Waals surface area contributed by atoms with Crippen molar-refractivity contribution in [3.8, 4) is 0 Å². The molecular weight excluding hydrogens is 428 g/mol. The molecule has 0 fully saturated rings. The Hall–Kier alpha value is -2.85. The van der Waals surface area contributed by atoms with Gasteiger partial charge in [-0.05, 0) is 50.3 Å². The molecule has 32 heavy (non-hydrogen) atoms. The van der Waals surface area contributed by atoms with Crippen LogP contribution < -0.4 is 15.8 Å². The van der Waals surface area contributed by atoms with Crippen molar-refractivity contribution >= 4 is 27.4 Å². The minimum atomic E-state index is -3.65. The lowest BCUT2D eigenvalue weighted by molar-refractivity contribution is -0.122. The number of sulfonamides is 1. The smallest absolute Gasteiger partial charge is 0.240 e. The second kappa shape index (κ2) is 8.59. The van der Waals surface area contributed by atoms with Crippen LogP contribution in [0.15, 0.2) is 59.0 Å². The molecule has 4 rings (SSSR count). The van der Waals surface area contributed by atoms with Gasteiger partial charge in [-0.3, -0.25) is 9.59 Å². The van der Waals surface area contributed by atoms with Crippen LogP contribution in [0.3, 0.4) is 0 Å². The van der Waals surface area contributed by atoms with Crippen LogP contribution in [0.1, 0.15) is 33.9 Å². The Balaban J connectivity index is 1.62. The van der Waals surface area contributed by atoms with Gasteiger partial charge in [-0.1, -0.05) is 36.4 Å². The summed E-state index contributed by atoms with van der Waals surface area (Å²) in [7, 11) is 0.206. The van der Waals surface area contributed by atoms with Crippen molar-refractivity contribution in [1.29, 1.82) is 0 Å². The zero-order valence-corrected chi connectivity index (χ0v) is 18.8. The Labute approximate surface area is 187 Å². The van der Waals surface area contributed by atoms with E-state index in [0.29, 0.717) is 40.9 Å².